The highest BCUT2D eigenvalue weighted by atomic mass is 79.9. The number of rotatable bonds is 2. The number of halogens is 2. The second-order valence-electron chi connectivity index (χ2n) is 4.92. The van der Waals surface area contributed by atoms with Crippen LogP contribution in [0.25, 0.3) is 16.9 Å². The van der Waals surface area contributed by atoms with Gasteiger partial charge in [-0.25, -0.2) is 4.68 Å². The fourth-order valence-corrected chi connectivity index (χ4v) is 3.53. The lowest BCUT2D eigenvalue weighted by Gasteiger charge is -2.10. The number of hydrogen-bond donors (Lipinski definition) is 1. The van der Waals surface area contributed by atoms with E-state index in [1.54, 1.807) is 0 Å². The maximum atomic E-state index is 6.28. The highest BCUT2D eigenvalue weighted by Gasteiger charge is 2.17. The third kappa shape index (κ3) is 2.25. The molecule has 21 heavy (non-hydrogen) atoms. The van der Waals surface area contributed by atoms with Gasteiger partial charge in [-0.2, -0.15) is 5.10 Å². The summed E-state index contributed by atoms with van der Waals surface area (Å²) in [5.74, 6) is 0. The van der Waals surface area contributed by atoms with Gasteiger partial charge in [0.2, 0.25) is 0 Å². The van der Waals surface area contributed by atoms with Crippen LogP contribution in [0.4, 0.5) is 0 Å². The van der Waals surface area contributed by atoms with Gasteiger partial charge in [-0.3, -0.25) is 4.57 Å². The summed E-state index contributed by atoms with van der Waals surface area (Å²) in [7, 11) is 0. The van der Waals surface area contributed by atoms with Gasteiger partial charge < -0.3 is 4.98 Å². The predicted molar refractivity (Wildman–Crippen MR) is 92.1 cm³/mol. The molecule has 4 nitrogen and oxygen atoms in total. The number of imidazole rings is 1. The quantitative estimate of drug-likeness (QED) is 0.635. The van der Waals surface area contributed by atoms with Crippen LogP contribution in [0.5, 0.6) is 0 Å². The minimum atomic E-state index is 0.633. The summed E-state index contributed by atoms with van der Waals surface area (Å²) in [4.78, 5) is 3.24. The van der Waals surface area contributed by atoms with Crippen LogP contribution in [0.15, 0.2) is 16.6 Å². The zero-order chi connectivity index (χ0) is 15.3. The van der Waals surface area contributed by atoms with Crippen molar-refractivity contribution in [2.45, 2.75) is 27.3 Å². The molecule has 0 spiro atoms. The largest absolute Gasteiger partial charge is 0.327 e. The van der Waals surface area contributed by atoms with E-state index in [0.29, 0.717) is 9.79 Å². The molecule has 0 saturated heterocycles. The Morgan fingerprint density at radius 3 is 2.76 bits per heavy atom. The molecule has 0 aliphatic heterocycles. The molecule has 3 aromatic rings. The Morgan fingerprint density at radius 1 is 1.38 bits per heavy atom. The number of aryl methyl sites for hydroxylation is 3. The average molecular weight is 386 g/mol. The second-order valence-corrected chi connectivity index (χ2v) is 6.57. The zero-order valence-electron chi connectivity index (χ0n) is 11.9. The number of hydrogen-bond acceptors (Lipinski definition) is 2. The lowest BCUT2D eigenvalue weighted by Crippen LogP contribution is -2.04. The fraction of sp³-hybridized carbons (Fsp3) is 0.286. The van der Waals surface area contributed by atoms with Crippen molar-refractivity contribution < 1.29 is 0 Å². The summed E-state index contributed by atoms with van der Waals surface area (Å²) in [5.41, 5.74) is 4.79. The number of aromatic amines is 1. The molecule has 0 unspecified atom stereocenters. The van der Waals surface area contributed by atoms with Crippen LogP contribution in [0.2, 0.25) is 5.02 Å². The summed E-state index contributed by atoms with van der Waals surface area (Å²) in [6.07, 6.45) is 0. The molecule has 3 rings (SSSR count). The van der Waals surface area contributed by atoms with Crippen molar-refractivity contribution in [1.29, 1.82) is 0 Å². The number of fused-ring (bicyclic) bond motifs is 1. The van der Waals surface area contributed by atoms with Crippen molar-refractivity contribution in [3.05, 3.63) is 37.7 Å². The third-order valence-corrected chi connectivity index (χ3v) is 4.84. The first-order chi connectivity index (χ1) is 9.93. The second kappa shape index (κ2) is 5.26. The van der Waals surface area contributed by atoms with Crippen molar-refractivity contribution in [3.8, 4) is 5.69 Å². The minimum Gasteiger partial charge on any atom is -0.327 e. The zero-order valence-corrected chi connectivity index (χ0v) is 15.0. The van der Waals surface area contributed by atoms with E-state index in [4.69, 9.17) is 23.8 Å². The molecule has 0 saturated carbocycles. The van der Waals surface area contributed by atoms with Gasteiger partial charge in [-0.1, -0.05) is 11.6 Å². The van der Waals surface area contributed by atoms with Gasteiger partial charge >= 0.3 is 0 Å². The van der Waals surface area contributed by atoms with Crippen LogP contribution in [-0.2, 0) is 6.54 Å². The van der Waals surface area contributed by atoms with Gasteiger partial charge in [0.15, 0.2) is 10.4 Å². The molecule has 2 heterocycles. The van der Waals surface area contributed by atoms with E-state index in [1.165, 1.54) is 0 Å². The molecule has 0 fully saturated rings. The molecule has 2 aromatic heterocycles. The van der Waals surface area contributed by atoms with E-state index < -0.39 is 0 Å². The highest BCUT2D eigenvalue weighted by Crippen LogP contribution is 2.31. The first kappa shape index (κ1) is 14.8. The molecular formula is C14H14BrClN4S. The van der Waals surface area contributed by atoms with Crippen LogP contribution in [0, 0.1) is 18.6 Å². The van der Waals surface area contributed by atoms with E-state index in [-0.39, 0.29) is 0 Å². The fourth-order valence-electron chi connectivity index (χ4n) is 2.45. The van der Waals surface area contributed by atoms with Crippen molar-refractivity contribution in [2.24, 2.45) is 0 Å². The van der Waals surface area contributed by atoms with Crippen molar-refractivity contribution in [2.75, 3.05) is 0 Å². The van der Waals surface area contributed by atoms with Crippen LogP contribution < -0.4 is 0 Å². The topological polar surface area (TPSA) is 38.5 Å². The Morgan fingerprint density at radius 2 is 2.10 bits per heavy atom. The smallest absolute Gasteiger partial charge is 0.184 e. The average Bonchev–Trinajstić information content (AvgIpc) is 2.91. The molecule has 1 N–H and O–H groups in total. The predicted octanol–water partition coefficient (Wildman–Crippen LogP) is 4.94. The maximum Gasteiger partial charge on any atom is 0.184 e. The van der Waals surface area contributed by atoms with Gasteiger partial charge in [0.1, 0.15) is 5.52 Å². The standard InChI is InChI=1S/C14H14BrClN4S/c1-4-19-13-12(8(3)18-19)17-14(21)20(13)11-6-10(16)7(2)5-9(11)15/h5-6H,4H2,1-3H3,(H,17,21). The maximum absolute atomic E-state index is 6.28. The Hall–Kier alpha value is -1.11. The van der Waals surface area contributed by atoms with Crippen LogP contribution in [0.3, 0.4) is 0 Å². The van der Waals surface area contributed by atoms with Gasteiger partial charge in [0.05, 0.1) is 11.4 Å². The van der Waals surface area contributed by atoms with E-state index >= 15 is 0 Å². The first-order valence-electron chi connectivity index (χ1n) is 6.58. The van der Waals surface area contributed by atoms with E-state index in [2.05, 4.69) is 32.9 Å². The molecule has 7 heteroatoms. The van der Waals surface area contributed by atoms with Gasteiger partial charge in [-0.05, 0) is 66.6 Å². The van der Waals surface area contributed by atoms with Crippen molar-refractivity contribution in [1.82, 2.24) is 19.3 Å². The molecule has 0 atom stereocenters. The molecule has 110 valence electrons. The Labute approximate surface area is 140 Å². The number of H-pyrrole nitrogens is 1. The van der Waals surface area contributed by atoms with Crippen LogP contribution in [-0.4, -0.2) is 19.3 Å². The summed E-state index contributed by atoms with van der Waals surface area (Å²) >= 11 is 15.4. The Kier molecular flexibility index (Phi) is 3.71. The summed E-state index contributed by atoms with van der Waals surface area (Å²) < 4.78 is 5.50. The van der Waals surface area contributed by atoms with Crippen LogP contribution in [0.1, 0.15) is 18.2 Å². The van der Waals surface area contributed by atoms with Crippen molar-refractivity contribution >= 4 is 50.9 Å². The SMILES string of the molecule is CCn1nc(C)c2[nH]c(=S)n(-c3cc(Cl)c(C)cc3Br)c21. The number of nitrogens with zero attached hydrogens (tertiary/aromatic N) is 3. The molecule has 1 aromatic carbocycles. The Bertz CT molecular complexity index is 906. The number of aromatic nitrogens is 4. The number of nitrogens with one attached hydrogen (secondary N) is 1. The van der Waals surface area contributed by atoms with E-state index in [1.807, 2.05) is 35.2 Å². The lowest BCUT2D eigenvalue weighted by molar-refractivity contribution is 0.661. The minimum absolute atomic E-state index is 0.633. The Balaban J connectivity index is 2.43. The summed E-state index contributed by atoms with van der Waals surface area (Å²) in [6, 6.07) is 3.92. The number of benzene rings is 1. The van der Waals surface area contributed by atoms with Gasteiger partial charge in [-0.15, -0.1) is 0 Å². The van der Waals surface area contributed by atoms with E-state index in [0.717, 1.165) is 39.1 Å². The van der Waals surface area contributed by atoms with Gasteiger partial charge in [0, 0.05) is 16.0 Å². The molecule has 0 amide bonds. The van der Waals surface area contributed by atoms with Crippen molar-refractivity contribution in [3.63, 3.8) is 0 Å². The molecule has 0 aliphatic carbocycles. The monoisotopic (exact) mass is 384 g/mol. The van der Waals surface area contributed by atoms with Gasteiger partial charge in [0.25, 0.3) is 0 Å². The van der Waals surface area contributed by atoms with Crippen LogP contribution >= 0.6 is 39.7 Å². The summed E-state index contributed by atoms with van der Waals surface area (Å²) in [6.45, 7) is 6.78. The normalized spacial score (nSPS) is 11.5. The first-order valence-corrected chi connectivity index (χ1v) is 8.16. The lowest BCUT2D eigenvalue weighted by atomic mass is 10.2. The molecule has 0 bridgehead atoms. The molecular weight excluding hydrogens is 372 g/mol. The molecule has 0 aliphatic rings. The van der Waals surface area contributed by atoms with E-state index in [9.17, 15) is 0 Å². The molecule has 0 radical (unpaired) electrons. The summed E-state index contributed by atoms with van der Waals surface area (Å²) in [5, 5.41) is 5.25. The highest BCUT2D eigenvalue weighted by molar-refractivity contribution is 9.10. The third-order valence-electron chi connectivity index (χ3n) is 3.52.